The van der Waals surface area contributed by atoms with Crippen LogP contribution in [-0.4, -0.2) is 37.1 Å². The first-order chi connectivity index (χ1) is 6.56. The van der Waals surface area contributed by atoms with Crippen molar-refractivity contribution < 1.29 is 0 Å². The summed E-state index contributed by atoms with van der Waals surface area (Å²) in [6.45, 7) is 10.4. The van der Waals surface area contributed by atoms with Crippen molar-refractivity contribution in [2.45, 2.75) is 45.6 Å². The van der Waals surface area contributed by atoms with Crippen molar-refractivity contribution in [3.05, 3.63) is 0 Å². The highest BCUT2D eigenvalue weighted by atomic mass is 15.2. The molecule has 0 aromatic rings. The van der Waals surface area contributed by atoms with Gasteiger partial charge < -0.3 is 5.32 Å². The third kappa shape index (κ3) is 3.97. The Kier molecular flexibility index (Phi) is 4.39. The Bertz CT molecular complexity index is 162. The van der Waals surface area contributed by atoms with Crippen molar-refractivity contribution in [2.24, 2.45) is 5.92 Å². The van der Waals surface area contributed by atoms with E-state index in [1.165, 1.54) is 25.8 Å². The molecule has 0 atom stereocenters. The summed E-state index contributed by atoms with van der Waals surface area (Å²) in [5.41, 5.74) is 0.348. The summed E-state index contributed by atoms with van der Waals surface area (Å²) < 4.78 is 0. The molecule has 1 aliphatic carbocycles. The Morgan fingerprint density at radius 3 is 2.50 bits per heavy atom. The molecule has 84 valence electrons. The molecule has 0 aromatic carbocycles. The Morgan fingerprint density at radius 2 is 2.00 bits per heavy atom. The number of hydrogen-bond donors (Lipinski definition) is 1. The van der Waals surface area contributed by atoms with E-state index >= 15 is 0 Å². The number of rotatable bonds is 7. The quantitative estimate of drug-likeness (QED) is 0.630. The van der Waals surface area contributed by atoms with Gasteiger partial charge in [-0.25, -0.2) is 0 Å². The predicted octanol–water partition coefficient (Wildman–Crippen LogP) is 2.11. The molecule has 0 heterocycles. The Morgan fingerprint density at radius 1 is 1.36 bits per heavy atom. The normalized spacial score (nSPS) is 17.8. The molecule has 0 radical (unpaired) electrons. The number of nitrogens with one attached hydrogen (secondary N) is 1. The van der Waals surface area contributed by atoms with Gasteiger partial charge in [-0.05, 0) is 52.6 Å². The Balaban J connectivity index is 2.03. The van der Waals surface area contributed by atoms with E-state index in [1.807, 2.05) is 0 Å². The van der Waals surface area contributed by atoms with Gasteiger partial charge in [0.25, 0.3) is 0 Å². The molecule has 0 saturated heterocycles. The zero-order valence-electron chi connectivity index (χ0n) is 10.3. The average Bonchev–Trinajstić information content (AvgIpc) is 2.95. The molecule has 0 unspecified atom stereocenters. The highest BCUT2D eigenvalue weighted by Gasteiger charge is 2.22. The lowest BCUT2D eigenvalue weighted by Gasteiger charge is -2.34. The molecule has 0 aromatic heterocycles. The summed E-state index contributed by atoms with van der Waals surface area (Å²) >= 11 is 0. The van der Waals surface area contributed by atoms with Crippen molar-refractivity contribution in [1.29, 1.82) is 0 Å². The van der Waals surface area contributed by atoms with Gasteiger partial charge in [-0.3, -0.25) is 4.90 Å². The van der Waals surface area contributed by atoms with Crippen LogP contribution in [0.4, 0.5) is 0 Å². The van der Waals surface area contributed by atoms with Crippen molar-refractivity contribution in [3.63, 3.8) is 0 Å². The van der Waals surface area contributed by atoms with Gasteiger partial charge in [0.2, 0.25) is 0 Å². The van der Waals surface area contributed by atoms with E-state index < -0.39 is 0 Å². The lowest BCUT2D eigenvalue weighted by molar-refractivity contribution is 0.152. The summed E-state index contributed by atoms with van der Waals surface area (Å²) in [7, 11) is 2.22. The van der Waals surface area contributed by atoms with Crippen molar-refractivity contribution in [3.8, 4) is 0 Å². The first-order valence-corrected chi connectivity index (χ1v) is 5.98. The number of likely N-dealkylation sites (N-methyl/N-ethyl adjacent to an activating group) is 1. The molecular formula is C12H26N2. The van der Waals surface area contributed by atoms with Gasteiger partial charge in [-0.15, -0.1) is 0 Å². The molecule has 1 N–H and O–H groups in total. The summed E-state index contributed by atoms with van der Waals surface area (Å²) in [6, 6.07) is 0. The van der Waals surface area contributed by atoms with Crippen LogP contribution in [0.2, 0.25) is 0 Å². The number of hydrogen-bond acceptors (Lipinski definition) is 2. The van der Waals surface area contributed by atoms with Crippen LogP contribution in [0.5, 0.6) is 0 Å². The van der Waals surface area contributed by atoms with Gasteiger partial charge in [-0.1, -0.05) is 6.92 Å². The first kappa shape index (κ1) is 12.0. The smallest absolute Gasteiger partial charge is 0.0148 e. The summed E-state index contributed by atoms with van der Waals surface area (Å²) in [4.78, 5) is 2.45. The topological polar surface area (TPSA) is 15.3 Å². The predicted molar refractivity (Wildman–Crippen MR) is 62.6 cm³/mol. The molecule has 1 aliphatic rings. The molecule has 2 nitrogen and oxygen atoms in total. The Labute approximate surface area is 89.1 Å². The fourth-order valence-electron chi connectivity index (χ4n) is 1.45. The van der Waals surface area contributed by atoms with E-state index in [0.29, 0.717) is 5.54 Å². The highest BCUT2D eigenvalue weighted by molar-refractivity contribution is 4.79. The second kappa shape index (κ2) is 5.13. The minimum absolute atomic E-state index is 0.348. The van der Waals surface area contributed by atoms with Crippen LogP contribution in [-0.2, 0) is 0 Å². The molecule has 0 spiro atoms. The van der Waals surface area contributed by atoms with E-state index in [2.05, 4.69) is 38.0 Å². The SMILES string of the molecule is CCC(C)(C)N(C)CCNCC1CC1. The lowest BCUT2D eigenvalue weighted by Crippen LogP contribution is -2.43. The maximum atomic E-state index is 3.53. The minimum atomic E-state index is 0.348. The van der Waals surface area contributed by atoms with Crippen molar-refractivity contribution >= 4 is 0 Å². The lowest BCUT2D eigenvalue weighted by atomic mass is 10.0. The van der Waals surface area contributed by atoms with E-state index in [0.717, 1.165) is 19.0 Å². The average molecular weight is 198 g/mol. The maximum Gasteiger partial charge on any atom is 0.0148 e. The van der Waals surface area contributed by atoms with Gasteiger partial charge >= 0.3 is 0 Å². The van der Waals surface area contributed by atoms with Gasteiger partial charge in [0.05, 0.1) is 0 Å². The highest BCUT2D eigenvalue weighted by Crippen LogP contribution is 2.27. The van der Waals surface area contributed by atoms with Crippen LogP contribution in [0.15, 0.2) is 0 Å². The molecule has 0 bridgehead atoms. The fourth-order valence-corrected chi connectivity index (χ4v) is 1.45. The fraction of sp³-hybridized carbons (Fsp3) is 1.00. The second-order valence-electron chi connectivity index (χ2n) is 5.24. The van der Waals surface area contributed by atoms with Gasteiger partial charge in [0.1, 0.15) is 0 Å². The van der Waals surface area contributed by atoms with Crippen LogP contribution < -0.4 is 5.32 Å². The van der Waals surface area contributed by atoms with Gasteiger partial charge in [0.15, 0.2) is 0 Å². The summed E-state index contributed by atoms with van der Waals surface area (Å²) in [5, 5.41) is 3.53. The largest absolute Gasteiger partial charge is 0.315 e. The molecular weight excluding hydrogens is 172 g/mol. The van der Waals surface area contributed by atoms with Gasteiger partial charge in [0, 0.05) is 18.6 Å². The summed E-state index contributed by atoms with van der Waals surface area (Å²) in [5.74, 6) is 1.000. The standard InChI is InChI=1S/C12H26N2/c1-5-12(2,3)14(4)9-8-13-10-11-6-7-11/h11,13H,5-10H2,1-4H3. The summed E-state index contributed by atoms with van der Waals surface area (Å²) in [6.07, 6.45) is 4.11. The van der Waals surface area contributed by atoms with Crippen LogP contribution in [0.25, 0.3) is 0 Å². The third-order valence-corrected chi connectivity index (χ3v) is 3.65. The molecule has 0 aliphatic heterocycles. The van der Waals surface area contributed by atoms with E-state index in [4.69, 9.17) is 0 Å². The molecule has 2 heteroatoms. The zero-order chi connectivity index (χ0) is 10.6. The molecule has 1 fully saturated rings. The molecule has 1 saturated carbocycles. The van der Waals surface area contributed by atoms with Gasteiger partial charge in [-0.2, -0.15) is 0 Å². The van der Waals surface area contributed by atoms with E-state index in [-0.39, 0.29) is 0 Å². The van der Waals surface area contributed by atoms with Crippen LogP contribution in [0.3, 0.4) is 0 Å². The second-order valence-corrected chi connectivity index (χ2v) is 5.24. The molecule has 0 amide bonds. The van der Waals surface area contributed by atoms with Crippen molar-refractivity contribution in [1.82, 2.24) is 10.2 Å². The van der Waals surface area contributed by atoms with Crippen LogP contribution in [0, 0.1) is 5.92 Å². The molecule has 14 heavy (non-hydrogen) atoms. The Hall–Kier alpha value is -0.0800. The van der Waals surface area contributed by atoms with E-state index in [9.17, 15) is 0 Å². The van der Waals surface area contributed by atoms with Crippen LogP contribution in [0.1, 0.15) is 40.0 Å². The van der Waals surface area contributed by atoms with E-state index in [1.54, 1.807) is 0 Å². The van der Waals surface area contributed by atoms with Crippen molar-refractivity contribution in [2.75, 3.05) is 26.7 Å². The molecule has 1 rings (SSSR count). The monoisotopic (exact) mass is 198 g/mol. The maximum absolute atomic E-state index is 3.53. The minimum Gasteiger partial charge on any atom is -0.315 e. The number of nitrogens with zero attached hydrogens (tertiary/aromatic N) is 1. The van der Waals surface area contributed by atoms with Crippen LogP contribution >= 0.6 is 0 Å². The third-order valence-electron chi connectivity index (χ3n) is 3.65. The zero-order valence-corrected chi connectivity index (χ0v) is 10.3. The first-order valence-electron chi connectivity index (χ1n) is 5.98.